The molecule has 0 aliphatic carbocycles. The Labute approximate surface area is 208 Å². The summed E-state index contributed by atoms with van der Waals surface area (Å²) in [5.74, 6) is 0.0270. The molecule has 0 atom stereocenters. The van der Waals surface area contributed by atoms with Gasteiger partial charge in [-0.15, -0.1) is 0 Å². The molecule has 1 aromatic carbocycles. The van der Waals surface area contributed by atoms with Gasteiger partial charge in [-0.2, -0.15) is 5.26 Å². The van der Waals surface area contributed by atoms with Crippen LogP contribution in [0.4, 0.5) is 4.39 Å². The highest BCUT2D eigenvalue weighted by atomic mass is 19.1. The van der Waals surface area contributed by atoms with Crippen molar-refractivity contribution in [3.05, 3.63) is 66.6 Å². The highest BCUT2D eigenvalue weighted by molar-refractivity contribution is 6.00. The Morgan fingerprint density at radius 3 is 2.64 bits per heavy atom. The molecule has 180 valence electrons. The van der Waals surface area contributed by atoms with Crippen molar-refractivity contribution in [1.82, 2.24) is 29.0 Å². The molecule has 36 heavy (non-hydrogen) atoms. The van der Waals surface area contributed by atoms with Crippen molar-refractivity contribution in [1.29, 1.82) is 5.26 Å². The summed E-state index contributed by atoms with van der Waals surface area (Å²) in [7, 11) is 4.13. The minimum atomic E-state index is -0.555. The molecule has 0 amide bonds. The van der Waals surface area contributed by atoms with Gasteiger partial charge in [-0.25, -0.2) is 14.4 Å². The summed E-state index contributed by atoms with van der Waals surface area (Å²) in [5, 5.41) is 10.2. The first-order valence-electron chi connectivity index (χ1n) is 12.2. The van der Waals surface area contributed by atoms with Crippen LogP contribution in [0.2, 0.25) is 0 Å². The first-order chi connectivity index (χ1) is 17.5. The molecule has 0 radical (unpaired) electrons. The van der Waals surface area contributed by atoms with E-state index in [-0.39, 0.29) is 5.56 Å². The second kappa shape index (κ2) is 8.85. The van der Waals surface area contributed by atoms with Gasteiger partial charge in [-0.05, 0) is 68.7 Å². The average Bonchev–Trinajstić information content (AvgIpc) is 3.47. The summed E-state index contributed by atoms with van der Waals surface area (Å²) in [6, 6.07) is 10.7. The van der Waals surface area contributed by atoms with Gasteiger partial charge in [-0.3, -0.25) is 4.98 Å². The summed E-state index contributed by atoms with van der Waals surface area (Å²) in [4.78, 5) is 16.7. The van der Waals surface area contributed by atoms with Crippen LogP contribution in [0.15, 0.2) is 55.2 Å². The van der Waals surface area contributed by atoms with Crippen LogP contribution in [0.25, 0.3) is 44.5 Å². The monoisotopic (exact) mass is 479 g/mol. The molecule has 1 fully saturated rings. The molecular formula is C28H26FN7. The van der Waals surface area contributed by atoms with E-state index in [2.05, 4.69) is 27.6 Å². The van der Waals surface area contributed by atoms with Gasteiger partial charge < -0.3 is 14.0 Å². The van der Waals surface area contributed by atoms with Crippen molar-refractivity contribution in [2.75, 3.05) is 20.1 Å². The number of aromatic nitrogens is 5. The second-order valence-electron chi connectivity index (χ2n) is 9.73. The van der Waals surface area contributed by atoms with E-state index in [0.29, 0.717) is 17.2 Å². The Bertz CT molecular complexity index is 1630. The summed E-state index contributed by atoms with van der Waals surface area (Å²) >= 11 is 0. The summed E-state index contributed by atoms with van der Waals surface area (Å²) < 4.78 is 18.9. The predicted molar refractivity (Wildman–Crippen MR) is 138 cm³/mol. The van der Waals surface area contributed by atoms with Gasteiger partial charge in [0, 0.05) is 42.5 Å². The Kier molecular flexibility index (Phi) is 5.50. The van der Waals surface area contributed by atoms with Crippen LogP contribution in [0, 0.1) is 23.1 Å². The number of nitriles is 1. The van der Waals surface area contributed by atoms with Crippen molar-refractivity contribution < 1.29 is 4.39 Å². The van der Waals surface area contributed by atoms with E-state index in [1.165, 1.54) is 12.1 Å². The second-order valence-corrected chi connectivity index (χ2v) is 9.73. The zero-order valence-electron chi connectivity index (χ0n) is 20.3. The quantitative estimate of drug-likeness (QED) is 0.362. The topological polar surface area (TPSA) is 75.6 Å². The van der Waals surface area contributed by atoms with Crippen LogP contribution in [0.3, 0.4) is 0 Å². The first-order valence-corrected chi connectivity index (χ1v) is 12.2. The van der Waals surface area contributed by atoms with Gasteiger partial charge in [0.1, 0.15) is 23.1 Å². The number of hydrogen-bond donors (Lipinski definition) is 0. The largest absolute Gasteiger partial charge is 0.336 e. The zero-order valence-corrected chi connectivity index (χ0v) is 20.3. The molecule has 4 aromatic heterocycles. The number of pyridine rings is 2. The number of fused-ring (bicyclic) bond motifs is 2. The van der Waals surface area contributed by atoms with Crippen molar-refractivity contribution in [2.45, 2.75) is 19.4 Å². The Hall–Kier alpha value is -4.09. The number of benzene rings is 1. The molecule has 8 heteroatoms. The third-order valence-corrected chi connectivity index (χ3v) is 7.32. The summed E-state index contributed by atoms with van der Waals surface area (Å²) in [5.41, 5.74) is 5.49. The molecule has 1 saturated heterocycles. The number of piperidine rings is 1. The lowest BCUT2D eigenvalue weighted by atomic mass is 9.96. The standard InChI is InChI=1S/C28H26FN7/c1-34-8-5-18(6-9-34)16-36-17-33-27-24(36)15-31-26(22-11-20-7-10-35(2)28(20)32-14-22)25(27)19-3-4-21(13-30)23(29)12-19/h3-4,7,10-12,14-15,17-18H,5-6,8-9,16H2,1-2H3. The molecule has 0 N–H and O–H groups in total. The van der Waals surface area contributed by atoms with Crippen LogP contribution < -0.4 is 0 Å². The van der Waals surface area contributed by atoms with Gasteiger partial charge in [0.15, 0.2) is 0 Å². The van der Waals surface area contributed by atoms with Crippen molar-refractivity contribution in [3.8, 4) is 28.5 Å². The highest BCUT2D eigenvalue weighted by Crippen LogP contribution is 2.37. The molecule has 1 aliphatic rings. The average molecular weight is 480 g/mol. The normalized spacial score (nSPS) is 15.1. The summed E-state index contributed by atoms with van der Waals surface area (Å²) in [6.45, 7) is 3.08. The number of likely N-dealkylation sites (tertiary alicyclic amines) is 1. The molecular weight excluding hydrogens is 453 g/mol. The van der Waals surface area contributed by atoms with Gasteiger partial charge in [-0.1, -0.05) is 6.07 Å². The van der Waals surface area contributed by atoms with E-state index in [0.717, 1.165) is 65.7 Å². The highest BCUT2D eigenvalue weighted by Gasteiger charge is 2.22. The van der Waals surface area contributed by atoms with Crippen LogP contribution in [0.5, 0.6) is 0 Å². The van der Waals surface area contributed by atoms with Crippen molar-refractivity contribution >= 4 is 22.1 Å². The Morgan fingerprint density at radius 1 is 1.03 bits per heavy atom. The van der Waals surface area contributed by atoms with E-state index < -0.39 is 5.82 Å². The SMILES string of the molecule is CN1CCC(Cn2cnc3c(-c4ccc(C#N)c(F)c4)c(-c4cnc5c(ccn5C)c4)ncc32)CC1. The number of aryl methyl sites for hydroxylation is 1. The van der Waals surface area contributed by atoms with E-state index >= 15 is 0 Å². The molecule has 7 nitrogen and oxygen atoms in total. The van der Waals surface area contributed by atoms with Crippen molar-refractivity contribution in [3.63, 3.8) is 0 Å². The third-order valence-electron chi connectivity index (χ3n) is 7.32. The van der Waals surface area contributed by atoms with Gasteiger partial charge >= 0.3 is 0 Å². The zero-order chi connectivity index (χ0) is 24.8. The molecule has 5 aromatic rings. The maximum atomic E-state index is 14.7. The van der Waals surface area contributed by atoms with Crippen LogP contribution in [0.1, 0.15) is 18.4 Å². The van der Waals surface area contributed by atoms with Crippen LogP contribution in [-0.2, 0) is 13.6 Å². The van der Waals surface area contributed by atoms with E-state index in [1.54, 1.807) is 12.3 Å². The molecule has 0 bridgehead atoms. The number of rotatable bonds is 4. The number of halogens is 1. The van der Waals surface area contributed by atoms with Crippen LogP contribution in [-0.4, -0.2) is 49.1 Å². The molecule has 5 heterocycles. The minimum absolute atomic E-state index is 0.0144. The predicted octanol–water partition coefficient (Wildman–Crippen LogP) is 5.00. The van der Waals surface area contributed by atoms with Gasteiger partial charge in [0.2, 0.25) is 0 Å². The van der Waals surface area contributed by atoms with E-state index in [4.69, 9.17) is 9.97 Å². The van der Waals surface area contributed by atoms with E-state index in [9.17, 15) is 9.65 Å². The fourth-order valence-corrected chi connectivity index (χ4v) is 5.23. The number of hydrogen-bond acceptors (Lipinski definition) is 5. The molecule has 6 rings (SSSR count). The molecule has 0 saturated carbocycles. The maximum Gasteiger partial charge on any atom is 0.141 e. The number of imidazole rings is 1. The lowest BCUT2D eigenvalue weighted by Crippen LogP contribution is -2.31. The fourth-order valence-electron chi connectivity index (χ4n) is 5.23. The Morgan fingerprint density at radius 2 is 1.86 bits per heavy atom. The molecule has 1 aliphatic heterocycles. The Balaban J connectivity index is 1.51. The van der Waals surface area contributed by atoms with Crippen molar-refractivity contribution in [2.24, 2.45) is 13.0 Å². The van der Waals surface area contributed by atoms with Gasteiger partial charge in [0.05, 0.1) is 29.3 Å². The molecule has 0 unspecified atom stereocenters. The lowest BCUT2D eigenvalue weighted by molar-refractivity contribution is 0.206. The third kappa shape index (κ3) is 3.82. The number of nitrogens with zero attached hydrogens (tertiary/aromatic N) is 7. The maximum absolute atomic E-state index is 14.7. The first kappa shape index (κ1) is 22.4. The molecule has 0 spiro atoms. The smallest absolute Gasteiger partial charge is 0.141 e. The van der Waals surface area contributed by atoms with E-state index in [1.807, 2.05) is 42.5 Å². The summed E-state index contributed by atoms with van der Waals surface area (Å²) in [6.07, 6.45) is 9.81. The van der Waals surface area contributed by atoms with Crippen LogP contribution >= 0.6 is 0 Å². The fraction of sp³-hybridized carbons (Fsp3) is 0.286. The minimum Gasteiger partial charge on any atom is -0.336 e. The lowest BCUT2D eigenvalue weighted by Gasteiger charge is -2.29. The van der Waals surface area contributed by atoms with Gasteiger partial charge in [0.25, 0.3) is 0 Å².